The van der Waals surface area contributed by atoms with E-state index in [-0.39, 0.29) is 11.9 Å². The molecule has 0 spiro atoms. The van der Waals surface area contributed by atoms with Crippen molar-refractivity contribution in [1.29, 1.82) is 5.41 Å². The Kier molecular flexibility index (Phi) is 4.51. The molecule has 86 valence electrons. The molecule has 0 saturated heterocycles. The van der Waals surface area contributed by atoms with Crippen molar-refractivity contribution in [2.24, 2.45) is 5.73 Å². The summed E-state index contributed by atoms with van der Waals surface area (Å²) in [6, 6.07) is 8.89. The minimum atomic E-state index is -0.207. The smallest absolute Gasteiger partial charge is 0.260 e. The molecule has 0 aliphatic rings. The highest BCUT2D eigenvalue weighted by Crippen LogP contribution is 2.05. The third kappa shape index (κ3) is 3.08. The Balaban J connectivity index is 2.79. The van der Waals surface area contributed by atoms with Crippen LogP contribution in [-0.2, 0) is 0 Å². The van der Waals surface area contributed by atoms with Gasteiger partial charge in [-0.3, -0.25) is 15.1 Å². The average Bonchev–Trinajstić information content (AvgIpc) is 2.30. The van der Waals surface area contributed by atoms with E-state index in [1.165, 1.54) is 4.90 Å². The summed E-state index contributed by atoms with van der Waals surface area (Å²) in [5.41, 5.74) is 5.97. The third-order valence-electron chi connectivity index (χ3n) is 2.29. The zero-order valence-electron chi connectivity index (χ0n) is 9.44. The second kappa shape index (κ2) is 5.90. The van der Waals surface area contributed by atoms with E-state index in [4.69, 9.17) is 11.1 Å². The van der Waals surface area contributed by atoms with Crippen LogP contribution in [0.4, 0.5) is 0 Å². The highest BCUT2D eigenvalue weighted by molar-refractivity contribution is 6.04. The van der Waals surface area contributed by atoms with E-state index < -0.39 is 0 Å². The molecule has 3 N–H and O–H groups in total. The van der Waals surface area contributed by atoms with Gasteiger partial charge in [-0.25, -0.2) is 0 Å². The first-order valence-corrected chi connectivity index (χ1v) is 5.37. The first-order valence-electron chi connectivity index (χ1n) is 5.37. The van der Waals surface area contributed by atoms with Crippen LogP contribution in [0.3, 0.4) is 0 Å². The number of hydrogen-bond donors (Lipinski definition) is 2. The average molecular weight is 219 g/mol. The van der Waals surface area contributed by atoms with E-state index in [9.17, 15) is 4.79 Å². The van der Waals surface area contributed by atoms with Gasteiger partial charge in [-0.2, -0.15) is 0 Å². The van der Waals surface area contributed by atoms with Gasteiger partial charge in [0, 0.05) is 12.1 Å². The molecule has 16 heavy (non-hydrogen) atoms. The Bertz CT molecular complexity index is 362. The lowest BCUT2D eigenvalue weighted by Gasteiger charge is -2.20. The van der Waals surface area contributed by atoms with E-state index in [0.717, 1.165) is 12.8 Å². The van der Waals surface area contributed by atoms with Crippen LogP contribution in [0.5, 0.6) is 0 Å². The van der Waals surface area contributed by atoms with Gasteiger partial charge in [0.1, 0.15) is 0 Å². The van der Waals surface area contributed by atoms with Gasteiger partial charge in [0.2, 0.25) is 0 Å². The SMILES string of the molecule is CCCCN(C(=N)N)C(=O)c1ccccc1. The predicted octanol–water partition coefficient (Wildman–Crippen LogP) is 1.82. The minimum absolute atomic E-state index is 0.192. The molecule has 0 heterocycles. The number of guanidine groups is 1. The van der Waals surface area contributed by atoms with E-state index >= 15 is 0 Å². The molecule has 1 rings (SSSR count). The molecule has 4 nitrogen and oxygen atoms in total. The summed E-state index contributed by atoms with van der Waals surface area (Å²) in [4.78, 5) is 13.3. The van der Waals surface area contributed by atoms with Crippen LogP contribution in [-0.4, -0.2) is 23.3 Å². The normalized spacial score (nSPS) is 9.81. The molecule has 0 aliphatic heterocycles. The zero-order chi connectivity index (χ0) is 12.0. The predicted molar refractivity (Wildman–Crippen MR) is 64.3 cm³/mol. The third-order valence-corrected chi connectivity index (χ3v) is 2.29. The number of hydrogen-bond acceptors (Lipinski definition) is 2. The highest BCUT2D eigenvalue weighted by Gasteiger charge is 2.16. The van der Waals surface area contributed by atoms with Gasteiger partial charge in [0.25, 0.3) is 5.91 Å². The molecule has 0 radical (unpaired) electrons. The van der Waals surface area contributed by atoms with Crippen molar-refractivity contribution in [2.45, 2.75) is 19.8 Å². The number of rotatable bonds is 4. The molecule has 4 heteroatoms. The summed E-state index contributed by atoms with van der Waals surface area (Å²) in [6.45, 7) is 2.53. The quantitative estimate of drug-likeness (QED) is 0.599. The summed E-state index contributed by atoms with van der Waals surface area (Å²) in [5.74, 6) is -0.399. The van der Waals surface area contributed by atoms with E-state index in [1.54, 1.807) is 24.3 Å². The van der Waals surface area contributed by atoms with Crippen LogP contribution in [0, 0.1) is 5.41 Å². The Morgan fingerprint density at radius 2 is 2.00 bits per heavy atom. The first kappa shape index (κ1) is 12.2. The van der Waals surface area contributed by atoms with Gasteiger partial charge < -0.3 is 5.73 Å². The minimum Gasteiger partial charge on any atom is -0.370 e. The summed E-state index contributed by atoms with van der Waals surface area (Å²) in [5, 5.41) is 7.39. The number of nitrogens with one attached hydrogen (secondary N) is 1. The monoisotopic (exact) mass is 219 g/mol. The molecule has 0 aliphatic carbocycles. The van der Waals surface area contributed by atoms with Crippen molar-refractivity contribution >= 4 is 11.9 Å². The lowest BCUT2D eigenvalue weighted by Crippen LogP contribution is -2.41. The van der Waals surface area contributed by atoms with E-state index in [0.29, 0.717) is 12.1 Å². The van der Waals surface area contributed by atoms with Crippen molar-refractivity contribution in [1.82, 2.24) is 4.90 Å². The van der Waals surface area contributed by atoms with E-state index in [1.807, 2.05) is 13.0 Å². The maximum absolute atomic E-state index is 12.0. The van der Waals surface area contributed by atoms with Crippen LogP contribution < -0.4 is 5.73 Å². The number of carbonyl (C=O) groups excluding carboxylic acids is 1. The molecule has 1 aromatic carbocycles. The summed E-state index contributed by atoms with van der Waals surface area (Å²) >= 11 is 0. The Hall–Kier alpha value is -1.84. The summed E-state index contributed by atoms with van der Waals surface area (Å²) < 4.78 is 0. The zero-order valence-corrected chi connectivity index (χ0v) is 9.44. The van der Waals surface area contributed by atoms with Gasteiger partial charge in [0.15, 0.2) is 5.96 Å². The van der Waals surface area contributed by atoms with Crippen molar-refractivity contribution in [3.05, 3.63) is 35.9 Å². The number of amides is 1. The van der Waals surface area contributed by atoms with Gasteiger partial charge in [-0.15, -0.1) is 0 Å². The standard InChI is InChI=1S/C12H17N3O/c1-2-3-9-15(12(13)14)11(16)10-7-5-4-6-8-10/h4-8H,2-3,9H2,1H3,(H3,13,14). The largest absolute Gasteiger partial charge is 0.370 e. The number of carbonyl (C=O) groups is 1. The lowest BCUT2D eigenvalue weighted by molar-refractivity contribution is 0.0843. The van der Waals surface area contributed by atoms with Crippen molar-refractivity contribution in [3.63, 3.8) is 0 Å². The molecule has 1 aromatic rings. The summed E-state index contributed by atoms with van der Waals surface area (Å²) in [7, 11) is 0. The molecule has 0 bridgehead atoms. The highest BCUT2D eigenvalue weighted by atomic mass is 16.2. The van der Waals surface area contributed by atoms with Crippen LogP contribution in [0.2, 0.25) is 0 Å². The van der Waals surface area contributed by atoms with Gasteiger partial charge in [-0.1, -0.05) is 31.5 Å². The topological polar surface area (TPSA) is 70.2 Å². The Labute approximate surface area is 95.6 Å². The maximum Gasteiger partial charge on any atom is 0.260 e. The molecule has 0 atom stereocenters. The number of nitrogens with zero attached hydrogens (tertiary/aromatic N) is 1. The molecule has 0 unspecified atom stereocenters. The fourth-order valence-electron chi connectivity index (χ4n) is 1.38. The fraction of sp³-hybridized carbons (Fsp3) is 0.333. The van der Waals surface area contributed by atoms with Gasteiger partial charge in [-0.05, 0) is 18.6 Å². The number of unbranched alkanes of at least 4 members (excludes halogenated alkanes) is 1. The van der Waals surface area contributed by atoms with Gasteiger partial charge in [0.05, 0.1) is 0 Å². The van der Waals surface area contributed by atoms with Crippen LogP contribution in [0.15, 0.2) is 30.3 Å². The molecule has 0 aromatic heterocycles. The Morgan fingerprint density at radius 1 is 1.38 bits per heavy atom. The number of nitrogens with two attached hydrogens (primary N) is 1. The molecule has 0 fully saturated rings. The molecular formula is C12H17N3O. The Morgan fingerprint density at radius 3 is 2.50 bits per heavy atom. The van der Waals surface area contributed by atoms with Crippen LogP contribution in [0.1, 0.15) is 30.1 Å². The number of benzene rings is 1. The molecule has 1 amide bonds. The first-order chi connectivity index (χ1) is 7.66. The van der Waals surface area contributed by atoms with Crippen molar-refractivity contribution in [3.8, 4) is 0 Å². The van der Waals surface area contributed by atoms with Crippen molar-refractivity contribution < 1.29 is 4.79 Å². The van der Waals surface area contributed by atoms with Gasteiger partial charge >= 0.3 is 0 Å². The molecular weight excluding hydrogens is 202 g/mol. The summed E-state index contributed by atoms with van der Waals surface area (Å²) in [6.07, 6.45) is 1.81. The maximum atomic E-state index is 12.0. The van der Waals surface area contributed by atoms with Crippen LogP contribution in [0.25, 0.3) is 0 Å². The van der Waals surface area contributed by atoms with Crippen molar-refractivity contribution in [2.75, 3.05) is 6.54 Å². The molecule has 0 saturated carbocycles. The van der Waals surface area contributed by atoms with Crippen LogP contribution >= 0.6 is 0 Å². The second-order valence-corrected chi connectivity index (χ2v) is 3.56. The fourth-order valence-corrected chi connectivity index (χ4v) is 1.38. The van der Waals surface area contributed by atoms with E-state index in [2.05, 4.69) is 0 Å². The lowest BCUT2D eigenvalue weighted by atomic mass is 10.2. The second-order valence-electron chi connectivity index (χ2n) is 3.56.